The molecule has 2 bridgehead atoms. The normalized spacial score (nSPS) is 28.7. The number of thiol groups is 1. The van der Waals surface area contributed by atoms with E-state index in [9.17, 15) is 9.59 Å². The Morgan fingerprint density at radius 3 is 2.44 bits per heavy atom. The fourth-order valence-corrected chi connectivity index (χ4v) is 3.51. The van der Waals surface area contributed by atoms with E-state index in [4.69, 9.17) is 0 Å². The quantitative estimate of drug-likeness (QED) is 0.754. The van der Waals surface area contributed by atoms with Gasteiger partial charge in [-0.1, -0.05) is 6.42 Å². The van der Waals surface area contributed by atoms with Crippen molar-refractivity contribution in [3.05, 3.63) is 0 Å². The van der Waals surface area contributed by atoms with Crippen LogP contribution in [-0.2, 0) is 9.59 Å². The number of nitrogens with zero attached hydrogens (tertiary/aromatic N) is 1. The van der Waals surface area contributed by atoms with Gasteiger partial charge in [-0.05, 0) is 31.1 Å². The van der Waals surface area contributed by atoms with Gasteiger partial charge in [-0.15, -0.1) is 0 Å². The molecule has 5 heteroatoms. The van der Waals surface area contributed by atoms with E-state index in [1.807, 2.05) is 4.90 Å². The van der Waals surface area contributed by atoms with Crippen LogP contribution in [0.2, 0.25) is 0 Å². The molecule has 2 rings (SSSR count). The van der Waals surface area contributed by atoms with E-state index in [0.717, 1.165) is 13.1 Å². The van der Waals surface area contributed by atoms with Crippen LogP contribution in [0.15, 0.2) is 0 Å². The molecule has 2 aliphatic rings. The largest absolute Gasteiger partial charge is 0.344 e. The molecule has 1 N–H and O–H groups in total. The predicted molar refractivity (Wildman–Crippen MR) is 73.5 cm³/mol. The van der Waals surface area contributed by atoms with Crippen molar-refractivity contribution in [2.24, 2.45) is 11.8 Å². The first-order valence-electron chi connectivity index (χ1n) is 6.77. The zero-order chi connectivity index (χ0) is 13.1. The molecule has 0 aromatic carbocycles. The summed E-state index contributed by atoms with van der Waals surface area (Å²) >= 11 is 4.17. The third-order valence-electron chi connectivity index (χ3n) is 4.02. The average molecular weight is 270 g/mol. The van der Waals surface area contributed by atoms with Crippen molar-refractivity contribution in [1.29, 1.82) is 0 Å². The van der Waals surface area contributed by atoms with Crippen LogP contribution < -0.4 is 5.32 Å². The maximum atomic E-state index is 12.4. The van der Waals surface area contributed by atoms with E-state index in [2.05, 4.69) is 17.9 Å². The summed E-state index contributed by atoms with van der Waals surface area (Å²) < 4.78 is 0. The Morgan fingerprint density at radius 1 is 1.33 bits per heavy atom. The van der Waals surface area contributed by atoms with E-state index in [0.29, 0.717) is 17.6 Å². The summed E-state index contributed by atoms with van der Waals surface area (Å²) in [6, 6.07) is -0.468. The first kappa shape index (κ1) is 13.7. The highest BCUT2D eigenvalue weighted by atomic mass is 32.1. The lowest BCUT2D eigenvalue weighted by Crippen LogP contribution is -2.54. The van der Waals surface area contributed by atoms with E-state index >= 15 is 0 Å². The van der Waals surface area contributed by atoms with Crippen LogP contribution in [0.25, 0.3) is 0 Å². The molecule has 1 heterocycles. The number of nitrogens with one attached hydrogen (secondary N) is 1. The van der Waals surface area contributed by atoms with Crippen LogP contribution in [0.5, 0.6) is 0 Å². The zero-order valence-electron chi connectivity index (χ0n) is 10.9. The Hall–Kier alpha value is -0.710. The number of likely N-dealkylation sites (tertiary alicyclic amines) is 1. The number of hydrogen-bond acceptors (Lipinski definition) is 3. The van der Waals surface area contributed by atoms with Gasteiger partial charge in [0.15, 0.2) is 0 Å². The zero-order valence-corrected chi connectivity index (χ0v) is 11.8. The fraction of sp³-hybridized carbons (Fsp3) is 0.846. The third-order valence-corrected chi connectivity index (χ3v) is 4.38. The predicted octanol–water partition coefficient (Wildman–Crippen LogP) is 1.07. The van der Waals surface area contributed by atoms with Crippen molar-refractivity contribution >= 4 is 24.4 Å². The lowest BCUT2D eigenvalue weighted by atomic mass is 9.78. The molecule has 1 aliphatic heterocycles. The molecule has 102 valence electrons. The van der Waals surface area contributed by atoms with Gasteiger partial charge >= 0.3 is 0 Å². The van der Waals surface area contributed by atoms with Gasteiger partial charge in [0.05, 0.1) is 0 Å². The molecule has 1 aliphatic carbocycles. The average Bonchev–Trinajstić information content (AvgIpc) is 2.34. The second-order valence-corrected chi connectivity index (χ2v) is 5.94. The number of hydrogen-bond donors (Lipinski definition) is 2. The molecule has 2 fully saturated rings. The lowest BCUT2D eigenvalue weighted by Gasteiger charge is -2.42. The van der Waals surface area contributed by atoms with Gasteiger partial charge in [0.2, 0.25) is 11.8 Å². The van der Waals surface area contributed by atoms with Crippen LogP contribution >= 0.6 is 12.6 Å². The lowest BCUT2D eigenvalue weighted by molar-refractivity contribution is -0.138. The molecule has 18 heavy (non-hydrogen) atoms. The number of amides is 2. The summed E-state index contributed by atoms with van der Waals surface area (Å²) in [5, 5.41) is 2.69. The molecule has 1 saturated carbocycles. The van der Waals surface area contributed by atoms with Crippen molar-refractivity contribution in [1.82, 2.24) is 10.2 Å². The number of rotatable bonds is 3. The fourth-order valence-electron chi connectivity index (χ4n) is 3.26. The van der Waals surface area contributed by atoms with Gasteiger partial charge in [-0.3, -0.25) is 9.59 Å². The van der Waals surface area contributed by atoms with Crippen molar-refractivity contribution in [3.8, 4) is 0 Å². The number of carbonyl (C=O) groups is 2. The van der Waals surface area contributed by atoms with Crippen molar-refractivity contribution in [3.63, 3.8) is 0 Å². The summed E-state index contributed by atoms with van der Waals surface area (Å²) in [7, 11) is 0. The van der Waals surface area contributed by atoms with E-state index in [1.165, 1.54) is 32.6 Å². The topological polar surface area (TPSA) is 49.4 Å². The minimum absolute atomic E-state index is 0.0387. The molecular formula is C13H22N2O2S. The van der Waals surface area contributed by atoms with Crippen molar-refractivity contribution < 1.29 is 9.59 Å². The Labute approximate surface area is 114 Å². The maximum absolute atomic E-state index is 12.4. The molecule has 0 radical (unpaired) electrons. The van der Waals surface area contributed by atoms with Gasteiger partial charge < -0.3 is 10.2 Å². The molecular weight excluding hydrogens is 248 g/mol. The smallest absolute Gasteiger partial charge is 0.246 e. The SMILES string of the molecule is CC(=O)NC(CS)C(=O)N1CC2CCCC(C2)C1. The first-order valence-corrected chi connectivity index (χ1v) is 7.40. The van der Waals surface area contributed by atoms with Gasteiger partial charge in [0, 0.05) is 25.8 Å². The van der Waals surface area contributed by atoms with Gasteiger partial charge in [-0.25, -0.2) is 0 Å². The third kappa shape index (κ3) is 3.19. The number of piperidine rings is 1. The molecule has 2 amide bonds. The number of fused-ring (bicyclic) bond motifs is 2. The molecule has 1 saturated heterocycles. The van der Waals surface area contributed by atoms with Crippen molar-refractivity contribution in [2.75, 3.05) is 18.8 Å². The summed E-state index contributed by atoms with van der Waals surface area (Å²) in [6.45, 7) is 3.16. The minimum atomic E-state index is -0.468. The molecule has 0 spiro atoms. The van der Waals surface area contributed by atoms with Crippen LogP contribution in [0, 0.1) is 11.8 Å². The van der Waals surface area contributed by atoms with Crippen molar-refractivity contribution in [2.45, 2.75) is 38.6 Å². The highest BCUT2D eigenvalue weighted by Gasteiger charge is 2.34. The summed E-state index contributed by atoms with van der Waals surface area (Å²) in [4.78, 5) is 25.4. The van der Waals surface area contributed by atoms with E-state index in [1.54, 1.807) is 0 Å². The van der Waals surface area contributed by atoms with Gasteiger partial charge in [0.25, 0.3) is 0 Å². The second kappa shape index (κ2) is 5.95. The Balaban J connectivity index is 1.97. The molecule has 3 atom stereocenters. The van der Waals surface area contributed by atoms with Gasteiger partial charge in [-0.2, -0.15) is 12.6 Å². The molecule has 3 unspecified atom stereocenters. The Kier molecular flexibility index (Phi) is 4.54. The monoisotopic (exact) mass is 270 g/mol. The first-order chi connectivity index (χ1) is 8.60. The maximum Gasteiger partial charge on any atom is 0.246 e. The summed E-state index contributed by atoms with van der Waals surface area (Å²) in [6.07, 6.45) is 5.06. The van der Waals surface area contributed by atoms with E-state index in [-0.39, 0.29) is 11.8 Å². The summed E-state index contributed by atoms with van der Waals surface area (Å²) in [5.41, 5.74) is 0. The number of carbonyl (C=O) groups excluding carboxylic acids is 2. The van der Waals surface area contributed by atoms with Crippen LogP contribution in [0.4, 0.5) is 0 Å². The van der Waals surface area contributed by atoms with Crippen LogP contribution in [0.1, 0.15) is 32.6 Å². The van der Waals surface area contributed by atoms with E-state index < -0.39 is 6.04 Å². The Morgan fingerprint density at radius 2 is 1.94 bits per heavy atom. The Bertz CT molecular complexity index is 323. The van der Waals surface area contributed by atoms with Gasteiger partial charge in [0.1, 0.15) is 6.04 Å². The standard InChI is InChI=1S/C13H22N2O2S/c1-9(16)14-12(8-18)13(17)15-6-10-3-2-4-11(5-10)7-15/h10-12,18H,2-8H2,1H3,(H,14,16). The van der Waals surface area contributed by atoms with Crippen LogP contribution in [-0.4, -0.2) is 41.6 Å². The highest BCUT2D eigenvalue weighted by Crippen LogP contribution is 2.34. The molecule has 0 aromatic heterocycles. The summed E-state index contributed by atoms with van der Waals surface area (Å²) in [5.74, 6) is 1.57. The molecule has 0 aromatic rings. The second-order valence-electron chi connectivity index (χ2n) is 5.58. The molecule has 4 nitrogen and oxygen atoms in total. The highest BCUT2D eigenvalue weighted by molar-refractivity contribution is 7.80. The minimum Gasteiger partial charge on any atom is -0.344 e. The van der Waals surface area contributed by atoms with Crippen LogP contribution in [0.3, 0.4) is 0 Å².